The van der Waals surface area contributed by atoms with E-state index in [4.69, 9.17) is 4.43 Å². The van der Waals surface area contributed by atoms with Gasteiger partial charge >= 0.3 is 0 Å². The van der Waals surface area contributed by atoms with Gasteiger partial charge in [0.25, 0.3) is 0 Å². The van der Waals surface area contributed by atoms with Crippen LogP contribution in [-0.4, -0.2) is 15.4 Å². The molecule has 1 nitrogen and oxygen atoms in total. The third-order valence-electron chi connectivity index (χ3n) is 5.71. The van der Waals surface area contributed by atoms with Gasteiger partial charge in [-0.2, -0.15) is 0 Å². The second kappa shape index (κ2) is 17.0. The molecule has 0 saturated heterocycles. The molecule has 0 aliphatic carbocycles. The Morgan fingerprint density at radius 1 is 0.522 bits per heavy atom. The van der Waals surface area contributed by atoms with Crippen molar-refractivity contribution in [2.45, 2.75) is 129 Å². The quantitative estimate of drug-likeness (QED) is 0.180. The zero-order chi connectivity index (χ0) is 17.2. The SMILES string of the molecule is CCCCCCCCCCCCCCCC[Si](CC)(CC)OC. The van der Waals surface area contributed by atoms with E-state index < -0.39 is 8.32 Å². The van der Waals surface area contributed by atoms with Gasteiger partial charge in [-0.1, -0.05) is 111 Å². The zero-order valence-corrected chi connectivity index (χ0v) is 17.9. The second-order valence-corrected chi connectivity index (χ2v) is 12.1. The van der Waals surface area contributed by atoms with E-state index in [1.165, 1.54) is 108 Å². The summed E-state index contributed by atoms with van der Waals surface area (Å²) in [5.74, 6) is 0. The summed E-state index contributed by atoms with van der Waals surface area (Å²) in [4.78, 5) is 0. The fourth-order valence-corrected chi connectivity index (χ4v) is 6.52. The van der Waals surface area contributed by atoms with E-state index in [1.54, 1.807) is 0 Å². The molecular formula is C21H46OSi. The third kappa shape index (κ3) is 13.2. The van der Waals surface area contributed by atoms with Crippen molar-refractivity contribution < 1.29 is 4.43 Å². The second-order valence-electron chi connectivity index (χ2n) is 7.44. The largest absolute Gasteiger partial charge is 0.420 e. The Labute approximate surface area is 149 Å². The lowest BCUT2D eigenvalue weighted by atomic mass is 10.0. The van der Waals surface area contributed by atoms with Gasteiger partial charge in [0.2, 0.25) is 0 Å². The summed E-state index contributed by atoms with van der Waals surface area (Å²) >= 11 is 0. The van der Waals surface area contributed by atoms with Gasteiger partial charge in [0.1, 0.15) is 0 Å². The molecule has 0 unspecified atom stereocenters. The Kier molecular flexibility index (Phi) is 17.1. The highest BCUT2D eigenvalue weighted by atomic mass is 28.4. The van der Waals surface area contributed by atoms with Crippen LogP contribution in [-0.2, 0) is 4.43 Å². The predicted molar refractivity (Wildman–Crippen MR) is 109 cm³/mol. The van der Waals surface area contributed by atoms with Gasteiger partial charge in [-0.15, -0.1) is 0 Å². The van der Waals surface area contributed by atoms with E-state index >= 15 is 0 Å². The molecule has 0 rings (SSSR count). The topological polar surface area (TPSA) is 9.23 Å². The first-order chi connectivity index (χ1) is 11.2. The molecule has 0 fully saturated rings. The maximum absolute atomic E-state index is 5.89. The first-order valence-electron chi connectivity index (χ1n) is 10.8. The van der Waals surface area contributed by atoms with Crippen LogP contribution in [0.3, 0.4) is 0 Å². The minimum Gasteiger partial charge on any atom is -0.420 e. The van der Waals surface area contributed by atoms with Crippen LogP contribution in [0.4, 0.5) is 0 Å². The molecule has 23 heavy (non-hydrogen) atoms. The smallest absolute Gasteiger partial charge is 0.191 e. The molecule has 0 aromatic rings. The number of hydrogen-bond acceptors (Lipinski definition) is 1. The highest BCUT2D eigenvalue weighted by molar-refractivity contribution is 6.73. The Bertz CT molecular complexity index is 218. The summed E-state index contributed by atoms with van der Waals surface area (Å²) in [6.07, 6.45) is 20.3. The number of rotatable bonds is 18. The molecule has 2 heteroatoms. The van der Waals surface area contributed by atoms with Crippen molar-refractivity contribution in [1.29, 1.82) is 0 Å². The van der Waals surface area contributed by atoms with Crippen LogP contribution in [0, 0.1) is 0 Å². The molecule has 140 valence electrons. The summed E-state index contributed by atoms with van der Waals surface area (Å²) in [7, 11) is 0.627. The van der Waals surface area contributed by atoms with E-state index in [0.29, 0.717) is 0 Å². The van der Waals surface area contributed by atoms with Crippen LogP contribution in [0.2, 0.25) is 18.1 Å². The highest BCUT2D eigenvalue weighted by Gasteiger charge is 2.28. The average Bonchev–Trinajstić information content (AvgIpc) is 2.59. The van der Waals surface area contributed by atoms with Gasteiger partial charge in [0, 0.05) is 7.11 Å². The predicted octanol–water partition coefficient (Wildman–Crippen LogP) is 8.10. The Morgan fingerprint density at radius 2 is 0.870 bits per heavy atom. The highest BCUT2D eigenvalue weighted by Crippen LogP contribution is 2.24. The fraction of sp³-hybridized carbons (Fsp3) is 1.00. The number of unbranched alkanes of at least 4 members (excludes halogenated alkanes) is 13. The Morgan fingerprint density at radius 3 is 1.17 bits per heavy atom. The minimum absolute atomic E-state index is 1.29. The summed E-state index contributed by atoms with van der Waals surface area (Å²) in [5.41, 5.74) is 0. The first kappa shape index (κ1) is 23.2. The van der Waals surface area contributed by atoms with Crippen molar-refractivity contribution in [2.75, 3.05) is 7.11 Å². The van der Waals surface area contributed by atoms with Gasteiger partial charge in [0.15, 0.2) is 8.32 Å². The van der Waals surface area contributed by atoms with E-state index in [-0.39, 0.29) is 0 Å². The molecule has 0 spiro atoms. The zero-order valence-electron chi connectivity index (χ0n) is 16.9. The van der Waals surface area contributed by atoms with Crippen molar-refractivity contribution in [3.63, 3.8) is 0 Å². The Hall–Kier alpha value is 0.177. The van der Waals surface area contributed by atoms with Crippen molar-refractivity contribution in [3.8, 4) is 0 Å². The summed E-state index contributed by atoms with van der Waals surface area (Å²) in [5, 5.41) is 0. The molecule has 0 saturated carbocycles. The average molecular weight is 343 g/mol. The van der Waals surface area contributed by atoms with Gasteiger partial charge in [-0.25, -0.2) is 0 Å². The van der Waals surface area contributed by atoms with E-state index in [9.17, 15) is 0 Å². The first-order valence-corrected chi connectivity index (χ1v) is 13.3. The Balaban J connectivity index is 3.25. The summed E-state index contributed by atoms with van der Waals surface area (Å²) in [6.45, 7) is 6.94. The van der Waals surface area contributed by atoms with E-state index in [1.807, 2.05) is 7.11 Å². The summed E-state index contributed by atoms with van der Waals surface area (Å²) < 4.78 is 5.89. The fourth-order valence-electron chi connectivity index (χ4n) is 3.64. The van der Waals surface area contributed by atoms with Crippen molar-refractivity contribution >= 4 is 8.32 Å². The van der Waals surface area contributed by atoms with Crippen LogP contribution in [0.25, 0.3) is 0 Å². The molecule has 0 amide bonds. The van der Waals surface area contributed by atoms with Gasteiger partial charge in [-0.05, 0) is 18.1 Å². The van der Waals surface area contributed by atoms with E-state index in [2.05, 4.69) is 20.8 Å². The molecule has 0 aromatic heterocycles. The van der Waals surface area contributed by atoms with Crippen molar-refractivity contribution in [3.05, 3.63) is 0 Å². The standard InChI is InChI=1S/C21H46OSi/c1-5-8-9-10-11-12-13-14-15-16-17-18-19-20-21-23(6-2,7-3)22-4/h5-21H2,1-4H3. The van der Waals surface area contributed by atoms with Crippen molar-refractivity contribution in [2.24, 2.45) is 0 Å². The molecule has 0 aromatic carbocycles. The minimum atomic E-state index is -1.32. The lowest BCUT2D eigenvalue weighted by molar-refractivity contribution is 0.388. The lowest BCUT2D eigenvalue weighted by Gasteiger charge is -2.27. The van der Waals surface area contributed by atoms with Crippen LogP contribution < -0.4 is 0 Å². The van der Waals surface area contributed by atoms with Gasteiger partial charge in [0.05, 0.1) is 0 Å². The maximum atomic E-state index is 5.89. The molecule has 0 aliphatic rings. The molecule has 0 radical (unpaired) electrons. The lowest BCUT2D eigenvalue weighted by Crippen LogP contribution is -2.34. The van der Waals surface area contributed by atoms with Crippen LogP contribution in [0.5, 0.6) is 0 Å². The summed E-state index contributed by atoms with van der Waals surface area (Å²) in [6, 6.07) is 3.96. The van der Waals surface area contributed by atoms with Gasteiger partial charge < -0.3 is 4.43 Å². The molecule has 0 bridgehead atoms. The maximum Gasteiger partial charge on any atom is 0.191 e. The van der Waals surface area contributed by atoms with E-state index in [0.717, 1.165) is 0 Å². The van der Waals surface area contributed by atoms with Crippen LogP contribution >= 0.6 is 0 Å². The monoisotopic (exact) mass is 342 g/mol. The van der Waals surface area contributed by atoms with Gasteiger partial charge in [-0.3, -0.25) is 0 Å². The van der Waals surface area contributed by atoms with Crippen LogP contribution in [0.1, 0.15) is 111 Å². The molecule has 0 heterocycles. The third-order valence-corrected chi connectivity index (χ3v) is 10.4. The molecule has 0 aliphatic heterocycles. The molecule has 0 N–H and O–H groups in total. The van der Waals surface area contributed by atoms with Crippen molar-refractivity contribution in [1.82, 2.24) is 0 Å². The normalized spacial score (nSPS) is 12.0. The number of hydrogen-bond donors (Lipinski definition) is 0. The van der Waals surface area contributed by atoms with Crippen LogP contribution in [0.15, 0.2) is 0 Å². The molecular weight excluding hydrogens is 296 g/mol. The molecule has 0 atom stereocenters.